The lowest BCUT2D eigenvalue weighted by Gasteiger charge is -2.35. The molecular weight excluding hydrogens is 465 g/mol. The van der Waals surface area contributed by atoms with Crippen LogP contribution in [-0.2, 0) is 35.7 Å². The normalized spacial score (nSPS) is 25.7. The lowest BCUT2D eigenvalue weighted by Crippen LogP contribution is -2.50. The van der Waals surface area contributed by atoms with E-state index in [0.717, 1.165) is 0 Å². The first-order valence-corrected chi connectivity index (χ1v) is 19.2. The van der Waals surface area contributed by atoms with Crippen LogP contribution in [-0.4, -0.2) is 80.3 Å². The second kappa shape index (κ2) is 10.7. The molecule has 0 N–H and O–H groups in total. The van der Waals surface area contributed by atoms with Crippen LogP contribution in [0.25, 0.3) is 0 Å². The Hall–Kier alpha value is -0.752. The first kappa shape index (κ1) is 25.5. The van der Waals surface area contributed by atoms with Gasteiger partial charge in [-0.15, -0.1) is 0 Å². The van der Waals surface area contributed by atoms with Crippen LogP contribution >= 0.6 is 0 Å². The van der Waals surface area contributed by atoms with Gasteiger partial charge in [-0.05, 0) is 57.7 Å². The summed E-state index contributed by atoms with van der Waals surface area (Å²) in [7, 11) is -5.53. The van der Waals surface area contributed by atoms with Crippen molar-refractivity contribution in [3.8, 4) is 0 Å². The van der Waals surface area contributed by atoms with Gasteiger partial charge in [-0.1, -0.05) is 0 Å². The average Bonchev–Trinajstić information content (AvgIpc) is 3.25. The second-order valence-electron chi connectivity index (χ2n) is 8.65. The minimum Gasteiger partial charge on any atom is -0.437 e. The maximum Gasteiger partial charge on any atom is 0.508 e. The summed E-state index contributed by atoms with van der Waals surface area (Å²) in [5.74, 6) is 0. The maximum absolute atomic E-state index is 11.1. The predicted molar refractivity (Wildman–Crippen MR) is 114 cm³/mol. The highest BCUT2D eigenvalue weighted by atomic mass is 28.5. The van der Waals surface area contributed by atoms with Crippen molar-refractivity contribution in [2.75, 3.05) is 20.3 Å². The minimum absolute atomic E-state index is 0.224. The fourth-order valence-corrected chi connectivity index (χ4v) is 14.2. The van der Waals surface area contributed by atoms with E-state index >= 15 is 0 Å². The third kappa shape index (κ3) is 8.78. The molecule has 2 saturated heterocycles. The Kier molecular flexibility index (Phi) is 9.11. The monoisotopic (exact) mass is 496 g/mol. The number of carbonyl (C=O) groups excluding carboxylic acids is 2. The van der Waals surface area contributed by atoms with E-state index in [1.807, 2.05) is 13.1 Å². The molecule has 2 heterocycles. The van der Waals surface area contributed by atoms with Crippen molar-refractivity contribution in [2.45, 2.75) is 69.9 Å². The molecule has 2 aliphatic heterocycles. The Balaban J connectivity index is 1.85. The summed E-state index contributed by atoms with van der Waals surface area (Å²) in [6, 6.07) is 1.30. The van der Waals surface area contributed by atoms with Gasteiger partial charge in [0.1, 0.15) is 25.4 Å². The van der Waals surface area contributed by atoms with E-state index in [-0.39, 0.29) is 35.4 Å². The summed E-state index contributed by atoms with van der Waals surface area (Å²) in [5.41, 5.74) is 0. The molecule has 0 aromatic carbocycles. The van der Waals surface area contributed by atoms with Crippen molar-refractivity contribution >= 4 is 47.8 Å². The van der Waals surface area contributed by atoms with Gasteiger partial charge in [0.05, 0.1) is 0 Å². The molecule has 2 rings (SSSR count). The standard InChI is InChI=1S/C16H32O10Si4/c1-19-29(5,9-7-13-11-20-15(17)22-13)24-27-25-30(6,26-28(2,3)4)10-8-14-12-21-16(18)23-14/h13-14H,7-12H2,1-6H3. The number of hydrogen-bond acceptors (Lipinski definition) is 10. The molecule has 4 atom stereocenters. The van der Waals surface area contributed by atoms with E-state index in [4.69, 9.17) is 35.7 Å². The van der Waals surface area contributed by atoms with Crippen molar-refractivity contribution < 1.29 is 45.3 Å². The Morgan fingerprint density at radius 2 is 1.33 bits per heavy atom. The molecule has 2 aliphatic rings. The summed E-state index contributed by atoms with van der Waals surface area (Å²) >= 11 is 0. The molecule has 2 radical (unpaired) electrons. The van der Waals surface area contributed by atoms with E-state index in [2.05, 4.69) is 19.6 Å². The average molecular weight is 497 g/mol. The van der Waals surface area contributed by atoms with Crippen LogP contribution in [0.15, 0.2) is 0 Å². The van der Waals surface area contributed by atoms with Crippen LogP contribution in [0.1, 0.15) is 12.8 Å². The largest absolute Gasteiger partial charge is 0.508 e. The molecule has 0 spiro atoms. The first-order chi connectivity index (χ1) is 13.9. The Bertz CT molecular complexity index is 603. The number of rotatable bonds is 13. The van der Waals surface area contributed by atoms with Gasteiger partial charge in [-0.25, -0.2) is 9.59 Å². The second-order valence-corrected chi connectivity index (χ2v) is 21.4. The molecule has 0 aromatic rings. The fraction of sp³-hybridized carbons (Fsp3) is 0.875. The zero-order valence-electron chi connectivity index (χ0n) is 18.5. The molecule has 0 amide bonds. The molecule has 4 unspecified atom stereocenters. The van der Waals surface area contributed by atoms with E-state index < -0.39 is 37.7 Å². The van der Waals surface area contributed by atoms with Gasteiger partial charge < -0.3 is 35.7 Å². The Morgan fingerprint density at radius 3 is 1.73 bits per heavy atom. The maximum atomic E-state index is 11.1. The van der Waals surface area contributed by atoms with Crippen LogP contribution in [0.4, 0.5) is 9.59 Å². The van der Waals surface area contributed by atoms with Crippen molar-refractivity contribution in [1.82, 2.24) is 0 Å². The first-order valence-electron chi connectivity index (χ1n) is 9.95. The lowest BCUT2D eigenvalue weighted by molar-refractivity contribution is 0.115. The van der Waals surface area contributed by atoms with Gasteiger partial charge in [-0.3, -0.25) is 0 Å². The van der Waals surface area contributed by atoms with Crippen LogP contribution < -0.4 is 0 Å². The van der Waals surface area contributed by atoms with Gasteiger partial charge in [0, 0.05) is 7.11 Å². The van der Waals surface area contributed by atoms with Crippen LogP contribution in [0.2, 0.25) is 44.8 Å². The van der Waals surface area contributed by atoms with E-state index in [1.165, 1.54) is 0 Å². The summed E-state index contributed by atoms with van der Waals surface area (Å²) in [4.78, 5) is 22.2. The molecule has 30 heavy (non-hydrogen) atoms. The third-order valence-electron chi connectivity index (χ3n) is 4.61. The molecule has 0 saturated carbocycles. The van der Waals surface area contributed by atoms with Crippen LogP contribution in [0.3, 0.4) is 0 Å². The lowest BCUT2D eigenvalue weighted by atomic mass is 10.3. The van der Waals surface area contributed by atoms with Gasteiger partial charge in [0.2, 0.25) is 0 Å². The molecule has 172 valence electrons. The zero-order chi connectivity index (χ0) is 22.4. The molecule has 14 heteroatoms. The smallest absolute Gasteiger partial charge is 0.437 e. The van der Waals surface area contributed by atoms with Crippen molar-refractivity contribution in [2.24, 2.45) is 0 Å². The van der Waals surface area contributed by atoms with Crippen molar-refractivity contribution in [1.29, 1.82) is 0 Å². The molecule has 2 fully saturated rings. The highest BCUT2D eigenvalue weighted by molar-refractivity contribution is 6.83. The zero-order valence-corrected chi connectivity index (χ0v) is 22.5. The number of hydrogen-bond donors (Lipinski definition) is 0. The van der Waals surface area contributed by atoms with Gasteiger partial charge in [0.15, 0.2) is 8.32 Å². The number of carbonyl (C=O) groups is 2. The van der Waals surface area contributed by atoms with Gasteiger partial charge in [0.25, 0.3) is 0 Å². The molecular formula is C16H32O10Si4. The summed E-state index contributed by atoms with van der Waals surface area (Å²) in [6.45, 7) is 10.8. The number of ether oxygens (including phenoxy) is 4. The van der Waals surface area contributed by atoms with E-state index in [9.17, 15) is 9.59 Å². The summed E-state index contributed by atoms with van der Waals surface area (Å²) in [5, 5.41) is 0. The van der Waals surface area contributed by atoms with Gasteiger partial charge >= 0.3 is 39.4 Å². The van der Waals surface area contributed by atoms with Crippen LogP contribution in [0, 0.1) is 0 Å². The summed E-state index contributed by atoms with van der Waals surface area (Å²) < 4.78 is 44.2. The molecule has 0 aliphatic carbocycles. The van der Waals surface area contributed by atoms with Crippen LogP contribution in [0.5, 0.6) is 0 Å². The fourth-order valence-electron chi connectivity index (χ4n) is 3.02. The highest BCUT2D eigenvalue weighted by Gasteiger charge is 2.41. The third-order valence-corrected chi connectivity index (χ3v) is 16.2. The highest BCUT2D eigenvalue weighted by Crippen LogP contribution is 2.26. The van der Waals surface area contributed by atoms with Crippen molar-refractivity contribution in [3.05, 3.63) is 0 Å². The predicted octanol–water partition coefficient (Wildman–Crippen LogP) is 3.05. The SMILES string of the molecule is CO[Si](C)(CCC1COC(=O)O1)O[Si]O[Si](C)(CCC1COC(=O)O1)O[Si](C)(C)C. The Morgan fingerprint density at radius 1 is 0.867 bits per heavy atom. The molecule has 10 nitrogen and oxygen atoms in total. The van der Waals surface area contributed by atoms with E-state index in [0.29, 0.717) is 24.9 Å². The number of cyclic esters (lactones) is 4. The van der Waals surface area contributed by atoms with Crippen molar-refractivity contribution in [3.63, 3.8) is 0 Å². The Labute approximate surface area is 183 Å². The van der Waals surface area contributed by atoms with E-state index in [1.54, 1.807) is 7.11 Å². The molecule has 0 bridgehead atoms. The van der Waals surface area contributed by atoms with Gasteiger partial charge in [-0.2, -0.15) is 0 Å². The topological polar surface area (TPSA) is 108 Å². The molecule has 0 aromatic heterocycles. The summed E-state index contributed by atoms with van der Waals surface area (Å²) in [6.07, 6.45) is -0.553. The quantitative estimate of drug-likeness (QED) is 0.279. The minimum atomic E-state index is -2.57.